The smallest absolute Gasteiger partial charge is 0.293 e. The van der Waals surface area contributed by atoms with E-state index in [9.17, 15) is 13.2 Å². The summed E-state index contributed by atoms with van der Waals surface area (Å²) in [6.07, 6.45) is 1.23. The maximum atomic E-state index is 11.5. The fraction of sp³-hybridized carbons (Fsp3) is 0.923. The van der Waals surface area contributed by atoms with Crippen LogP contribution in [0.2, 0.25) is 0 Å². The van der Waals surface area contributed by atoms with Crippen LogP contribution in [0.15, 0.2) is 0 Å². The molecule has 126 valence electrons. The van der Waals surface area contributed by atoms with Crippen LogP contribution < -0.4 is 0 Å². The molecule has 21 heavy (non-hydrogen) atoms. The molecule has 1 rings (SSSR count). The number of hydrogen-bond acceptors (Lipinski definition) is 6. The van der Waals surface area contributed by atoms with E-state index in [-0.39, 0.29) is 11.8 Å². The fourth-order valence-electron chi connectivity index (χ4n) is 1.83. The van der Waals surface area contributed by atoms with Gasteiger partial charge in [-0.1, -0.05) is 0 Å². The van der Waals surface area contributed by atoms with Gasteiger partial charge in [0.25, 0.3) is 6.47 Å². The summed E-state index contributed by atoms with van der Waals surface area (Å²) in [5.74, 6) is 0. The molecule has 7 nitrogen and oxygen atoms in total. The second-order valence-corrected chi connectivity index (χ2v) is 8.34. The molecule has 0 spiro atoms. The summed E-state index contributed by atoms with van der Waals surface area (Å²) >= 11 is 0. The summed E-state index contributed by atoms with van der Waals surface area (Å²) in [5.41, 5.74) is -0.318. The normalized spacial score (nSPS) is 21.6. The summed E-state index contributed by atoms with van der Waals surface area (Å²) in [6, 6.07) is 0. The third-order valence-electron chi connectivity index (χ3n) is 2.93. The van der Waals surface area contributed by atoms with Gasteiger partial charge in [-0.25, -0.2) is 8.42 Å². The Morgan fingerprint density at radius 1 is 1.24 bits per heavy atom. The first-order valence-electron chi connectivity index (χ1n) is 6.81. The van der Waals surface area contributed by atoms with Crippen molar-refractivity contribution in [3.05, 3.63) is 0 Å². The zero-order chi connectivity index (χ0) is 16.8. The second kappa shape index (κ2) is 8.07. The van der Waals surface area contributed by atoms with E-state index in [2.05, 4.69) is 9.64 Å². The highest BCUT2D eigenvalue weighted by molar-refractivity contribution is 7.88. The van der Waals surface area contributed by atoms with E-state index in [1.54, 1.807) is 4.31 Å². The molecule has 0 aromatic heterocycles. The van der Waals surface area contributed by atoms with Gasteiger partial charge in [-0.3, -0.25) is 9.69 Å². The van der Waals surface area contributed by atoms with Crippen LogP contribution in [0.4, 0.5) is 0 Å². The van der Waals surface area contributed by atoms with E-state index in [1.807, 2.05) is 46.8 Å². The van der Waals surface area contributed by atoms with Crippen LogP contribution in [-0.2, 0) is 19.6 Å². The Bertz CT molecular complexity index is 418. The third kappa shape index (κ3) is 8.35. The van der Waals surface area contributed by atoms with Crippen molar-refractivity contribution in [1.29, 1.82) is 0 Å². The van der Waals surface area contributed by atoms with Crippen LogP contribution in [0.5, 0.6) is 0 Å². The first-order valence-corrected chi connectivity index (χ1v) is 8.66. The molecule has 0 bridgehead atoms. The van der Waals surface area contributed by atoms with Gasteiger partial charge in [-0.15, -0.1) is 0 Å². The summed E-state index contributed by atoms with van der Waals surface area (Å²) in [6.45, 7) is 8.07. The molecule has 0 radical (unpaired) electrons. The van der Waals surface area contributed by atoms with Gasteiger partial charge >= 0.3 is 0 Å². The second-order valence-electron chi connectivity index (χ2n) is 6.41. The first kappa shape index (κ1) is 20.3. The number of rotatable bonds is 3. The summed E-state index contributed by atoms with van der Waals surface area (Å²) in [5, 5.41) is 0. The zero-order valence-corrected chi connectivity index (χ0v) is 15.0. The molecule has 0 saturated carbocycles. The monoisotopic (exact) mass is 323 g/mol. The number of piperazine rings is 1. The summed E-state index contributed by atoms with van der Waals surface area (Å²) < 4.78 is 29.1. The highest BCUT2D eigenvalue weighted by Gasteiger charge is 2.32. The Morgan fingerprint density at radius 2 is 1.76 bits per heavy atom. The van der Waals surface area contributed by atoms with E-state index in [0.717, 1.165) is 13.1 Å². The van der Waals surface area contributed by atoms with Crippen molar-refractivity contribution in [3.8, 4) is 0 Å². The van der Waals surface area contributed by atoms with E-state index in [0.29, 0.717) is 13.0 Å². The average molecular weight is 323 g/mol. The molecule has 8 heteroatoms. The van der Waals surface area contributed by atoms with Crippen LogP contribution in [0.1, 0.15) is 20.8 Å². The molecule has 0 N–H and O–H groups in total. The number of hydrogen-bond donors (Lipinski definition) is 0. The van der Waals surface area contributed by atoms with Crippen LogP contribution in [0.25, 0.3) is 0 Å². The molecular formula is C13H29N3O4S. The maximum absolute atomic E-state index is 11.5. The number of sulfonamides is 1. The van der Waals surface area contributed by atoms with Crippen molar-refractivity contribution < 1.29 is 17.9 Å². The van der Waals surface area contributed by atoms with Gasteiger partial charge in [0.1, 0.15) is 5.60 Å². The molecular weight excluding hydrogens is 294 g/mol. The summed E-state index contributed by atoms with van der Waals surface area (Å²) in [4.78, 5) is 13.7. The van der Waals surface area contributed by atoms with Crippen molar-refractivity contribution in [1.82, 2.24) is 14.1 Å². The number of likely N-dealkylation sites (N-methyl/N-ethyl adjacent to an activating group) is 2. The van der Waals surface area contributed by atoms with Crippen molar-refractivity contribution in [2.24, 2.45) is 0 Å². The minimum atomic E-state index is -3.08. The van der Waals surface area contributed by atoms with Crippen molar-refractivity contribution in [2.75, 3.05) is 47.0 Å². The van der Waals surface area contributed by atoms with Crippen molar-refractivity contribution in [3.63, 3.8) is 0 Å². The molecule has 1 atom stereocenters. The molecule has 0 aliphatic carbocycles. The lowest BCUT2D eigenvalue weighted by atomic mass is 10.2. The Balaban J connectivity index is 0.000000486. The molecule has 0 aromatic carbocycles. The van der Waals surface area contributed by atoms with Crippen molar-refractivity contribution >= 4 is 16.5 Å². The van der Waals surface area contributed by atoms with Crippen LogP contribution in [-0.4, -0.2) is 87.8 Å². The molecule has 1 aliphatic rings. The quantitative estimate of drug-likeness (QED) is 0.683. The average Bonchev–Trinajstić information content (AvgIpc) is 2.26. The predicted octanol–water partition coefficient (Wildman–Crippen LogP) is 0.0390. The Kier molecular flexibility index (Phi) is 7.80. The Morgan fingerprint density at radius 3 is 2.05 bits per heavy atom. The van der Waals surface area contributed by atoms with Gasteiger partial charge in [-0.2, -0.15) is 4.31 Å². The first-order chi connectivity index (χ1) is 9.38. The van der Waals surface area contributed by atoms with E-state index >= 15 is 0 Å². The zero-order valence-electron chi connectivity index (χ0n) is 14.2. The molecule has 1 fully saturated rings. The van der Waals surface area contributed by atoms with Crippen LogP contribution in [0, 0.1) is 0 Å². The van der Waals surface area contributed by atoms with Gasteiger partial charge < -0.3 is 9.64 Å². The number of carbonyl (C=O) groups excluding carboxylic acids is 1. The Labute approximate surface area is 128 Å². The highest BCUT2D eigenvalue weighted by Crippen LogP contribution is 2.13. The lowest BCUT2D eigenvalue weighted by Crippen LogP contribution is -2.58. The van der Waals surface area contributed by atoms with Gasteiger partial charge in [0.05, 0.1) is 12.4 Å². The number of nitrogens with zero attached hydrogens (tertiary/aromatic N) is 3. The Hall–Kier alpha value is -0.700. The minimum Gasteiger partial charge on any atom is -0.462 e. The standard InChI is InChI=1S/C8H19N3O2S.C5H10O2/c1-9(2)8-7-10(3)5-6-11(8)14(4,12)13;1-5(2,3)7-4-6/h8H,5-7H2,1-4H3;4H,1-3H3. The van der Waals surface area contributed by atoms with Crippen LogP contribution >= 0.6 is 0 Å². The lowest BCUT2D eigenvalue weighted by molar-refractivity contribution is -0.138. The van der Waals surface area contributed by atoms with E-state index in [4.69, 9.17) is 0 Å². The number of ether oxygens (including phenoxy) is 1. The molecule has 1 unspecified atom stereocenters. The van der Waals surface area contributed by atoms with Gasteiger partial charge in [0.15, 0.2) is 0 Å². The molecule has 1 heterocycles. The van der Waals surface area contributed by atoms with Crippen LogP contribution in [0.3, 0.4) is 0 Å². The predicted molar refractivity (Wildman–Crippen MR) is 83.4 cm³/mol. The van der Waals surface area contributed by atoms with E-state index < -0.39 is 10.0 Å². The maximum Gasteiger partial charge on any atom is 0.293 e. The van der Waals surface area contributed by atoms with Gasteiger partial charge in [0, 0.05) is 19.6 Å². The largest absolute Gasteiger partial charge is 0.462 e. The summed E-state index contributed by atoms with van der Waals surface area (Å²) in [7, 11) is 2.74. The molecule has 1 aliphatic heterocycles. The van der Waals surface area contributed by atoms with Gasteiger partial charge in [0.2, 0.25) is 10.0 Å². The molecule has 1 saturated heterocycles. The highest BCUT2D eigenvalue weighted by atomic mass is 32.2. The minimum absolute atomic E-state index is 0.0382. The molecule has 0 amide bonds. The van der Waals surface area contributed by atoms with Gasteiger partial charge in [-0.05, 0) is 41.9 Å². The molecule has 0 aromatic rings. The topological polar surface area (TPSA) is 70.2 Å². The third-order valence-corrected chi connectivity index (χ3v) is 4.21. The van der Waals surface area contributed by atoms with Crippen molar-refractivity contribution in [2.45, 2.75) is 32.5 Å². The fourth-order valence-corrected chi connectivity index (χ4v) is 2.94. The van der Waals surface area contributed by atoms with E-state index in [1.165, 1.54) is 6.26 Å². The SMILES string of the molecule is CC(C)(C)OC=O.CN1CCN(S(C)(=O)=O)C(N(C)C)C1. The number of carbonyl (C=O) groups is 1. The lowest BCUT2D eigenvalue weighted by Gasteiger charge is -2.41.